The van der Waals surface area contributed by atoms with Crippen LogP contribution in [-0.2, 0) is 24.1 Å². The number of para-hydroxylation sites is 2. The summed E-state index contributed by atoms with van der Waals surface area (Å²) >= 11 is 0. The average Bonchev–Trinajstić information content (AvgIpc) is 3.58. The molecule has 1 saturated heterocycles. The van der Waals surface area contributed by atoms with E-state index in [0.29, 0.717) is 25.4 Å². The molecule has 198 valence electrons. The first-order valence-electron chi connectivity index (χ1n) is 13.6. The van der Waals surface area contributed by atoms with Crippen LogP contribution in [0, 0.1) is 0 Å². The molecule has 2 atom stereocenters. The molecule has 0 unspecified atom stereocenters. The molecule has 1 fully saturated rings. The van der Waals surface area contributed by atoms with E-state index in [0.717, 1.165) is 60.7 Å². The molecule has 1 aliphatic rings. The van der Waals surface area contributed by atoms with E-state index in [2.05, 4.69) is 24.0 Å². The van der Waals surface area contributed by atoms with Crippen LogP contribution in [0.25, 0.3) is 5.69 Å². The minimum atomic E-state index is -0.494. The third-order valence-corrected chi connectivity index (χ3v) is 6.96. The number of hydrogen-bond donors (Lipinski definition) is 1. The standard InChI is InChI=1S/C32H37N3O3/c1-2-31-30(32(38-28-17-10-5-11-18-28)35(33-31)26-15-8-4-9-16-26)24-34(23-29-19-12-20-37-29)22-27(36)21-25-13-6-3-7-14-25/h3-11,13-18,27,29,36H,2,12,19-24H2,1H3/t27-,29+/m0/s1. The zero-order valence-electron chi connectivity index (χ0n) is 22.1. The minimum Gasteiger partial charge on any atom is -0.439 e. The quantitative estimate of drug-likeness (QED) is 0.260. The molecule has 0 aliphatic carbocycles. The number of ether oxygens (including phenoxy) is 2. The van der Waals surface area contributed by atoms with E-state index in [9.17, 15) is 5.11 Å². The van der Waals surface area contributed by atoms with Crippen molar-refractivity contribution in [2.45, 2.75) is 51.4 Å². The first-order chi connectivity index (χ1) is 18.7. The van der Waals surface area contributed by atoms with Crippen molar-refractivity contribution in [1.29, 1.82) is 0 Å². The second kappa shape index (κ2) is 12.9. The Bertz CT molecular complexity index is 1260. The van der Waals surface area contributed by atoms with Gasteiger partial charge >= 0.3 is 0 Å². The molecule has 0 amide bonds. The highest BCUT2D eigenvalue weighted by atomic mass is 16.5. The SMILES string of the molecule is CCc1nn(-c2ccccc2)c(Oc2ccccc2)c1CN(C[C@@H](O)Cc1ccccc1)C[C@H]1CCCO1. The van der Waals surface area contributed by atoms with Crippen LogP contribution in [0.15, 0.2) is 91.0 Å². The Balaban J connectivity index is 1.46. The zero-order chi connectivity index (χ0) is 26.2. The molecule has 6 nitrogen and oxygen atoms in total. The Kier molecular flexibility index (Phi) is 8.86. The molecule has 38 heavy (non-hydrogen) atoms. The molecule has 0 bridgehead atoms. The topological polar surface area (TPSA) is 59.8 Å². The third kappa shape index (κ3) is 6.70. The normalized spacial score (nSPS) is 16.1. The van der Waals surface area contributed by atoms with Crippen LogP contribution in [-0.4, -0.2) is 51.7 Å². The van der Waals surface area contributed by atoms with Crippen molar-refractivity contribution in [2.24, 2.45) is 0 Å². The van der Waals surface area contributed by atoms with Gasteiger partial charge in [0.25, 0.3) is 0 Å². The second-order valence-electron chi connectivity index (χ2n) is 9.92. The Labute approximate surface area is 225 Å². The molecule has 0 saturated carbocycles. The van der Waals surface area contributed by atoms with Crippen molar-refractivity contribution in [3.63, 3.8) is 0 Å². The number of rotatable bonds is 12. The van der Waals surface area contributed by atoms with Gasteiger partial charge in [0.15, 0.2) is 0 Å². The number of aromatic nitrogens is 2. The zero-order valence-corrected chi connectivity index (χ0v) is 22.1. The van der Waals surface area contributed by atoms with Gasteiger partial charge in [-0.15, -0.1) is 0 Å². The third-order valence-electron chi connectivity index (χ3n) is 6.96. The highest BCUT2D eigenvalue weighted by Gasteiger charge is 2.26. The monoisotopic (exact) mass is 511 g/mol. The first-order valence-corrected chi connectivity index (χ1v) is 13.6. The maximum absolute atomic E-state index is 11.1. The van der Waals surface area contributed by atoms with E-state index < -0.39 is 6.10 Å². The highest BCUT2D eigenvalue weighted by molar-refractivity contribution is 5.43. The van der Waals surface area contributed by atoms with Gasteiger partial charge in [0, 0.05) is 26.2 Å². The van der Waals surface area contributed by atoms with Crippen LogP contribution in [0.3, 0.4) is 0 Å². The van der Waals surface area contributed by atoms with Gasteiger partial charge < -0.3 is 14.6 Å². The molecule has 1 aliphatic heterocycles. The molecule has 6 heteroatoms. The van der Waals surface area contributed by atoms with Crippen molar-refractivity contribution < 1.29 is 14.6 Å². The smallest absolute Gasteiger partial charge is 0.227 e. The van der Waals surface area contributed by atoms with Crippen molar-refractivity contribution in [3.05, 3.63) is 108 Å². The number of hydrogen-bond acceptors (Lipinski definition) is 5. The Morgan fingerprint density at radius 1 is 1.00 bits per heavy atom. The fourth-order valence-corrected chi connectivity index (χ4v) is 5.12. The van der Waals surface area contributed by atoms with E-state index in [4.69, 9.17) is 14.6 Å². The average molecular weight is 512 g/mol. The molecule has 1 aromatic heterocycles. The first kappa shape index (κ1) is 26.2. The molecular weight excluding hydrogens is 474 g/mol. The predicted molar refractivity (Wildman–Crippen MR) is 150 cm³/mol. The highest BCUT2D eigenvalue weighted by Crippen LogP contribution is 2.32. The molecule has 0 spiro atoms. The van der Waals surface area contributed by atoms with Gasteiger partial charge in [-0.2, -0.15) is 5.10 Å². The number of aryl methyl sites for hydroxylation is 1. The Hall–Kier alpha value is -3.45. The maximum Gasteiger partial charge on any atom is 0.227 e. The van der Waals surface area contributed by atoms with Gasteiger partial charge in [-0.3, -0.25) is 4.90 Å². The van der Waals surface area contributed by atoms with Gasteiger partial charge in [0.2, 0.25) is 5.88 Å². The van der Waals surface area contributed by atoms with E-state index in [1.54, 1.807) is 0 Å². The number of benzene rings is 3. The van der Waals surface area contributed by atoms with Gasteiger partial charge in [-0.25, -0.2) is 4.68 Å². The maximum atomic E-state index is 11.1. The van der Waals surface area contributed by atoms with Crippen LogP contribution in [0.2, 0.25) is 0 Å². The van der Waals surface area contributed by atoms with Crippen LogP contribution in [0.4, 0.5) is 0 Å². The van der Waals surface area contributed by atoms with Crippen molar-refractivity contribution in [1.82, 2.24) is 14.7 Å². The lowest BCUT2D eigenvalue weighted by atomic mass is 10.1. The number of aliphatic hydroxyl groups is 1. The summed E-state index contributed by atoms with van der Waals surface area (Å²) in [6, 6.07) is 30.2. The lowest BCUT2D eigenvalue weighted by molar-refractivity contribution is 0.0461. The van der Waals surface area contributed by atoms with Crippen molar-refractivity contribution >= 4 is 0 Å². The van der Waals surface area contributed by atoms with Gasteiger partial charge in [0.05, 0.1) is 29.2 Å². The minimum absolute atomic E-state index is 0.173. The lowest BCUT2D eigenvalue weighted by Crippen LogP contribution is -2.38. The van der Waals surface area contributed by atoms with E-state index in [-0.39, 0.29) is 6.10 Å². The fraction of sp³-hybridized carbons (Fsp3) is 0.344. The van der Waals surface area contributed by atoms with Gasteiger partial charge in [-0.1, -0.05) is 73.7 Å². The summed E-state index contributed by atoms with van der Waals surface area (Å²) in [5.41, 5.74) is 4.13. The van der Waals surface area contributed by atoms with E-state index in [1.807, 2.05) is 83.5 Å². The summed E-state index contributed by atoms with van der Waals surface area (Å²) in [4.78, 5) is 2.31. The summed E-state index contributed by atoms with van der Waals surface area (Å²) in [5, 5.41) is 16.1. The predicted octanol–water partition coefficient (Wildman–Crippen LogP) is 5.81. The van der Waals surface area contributed by atoms with E-state index in [1.165, 1.54) is 0 Å². The summed E-state index contributed by atoms with van der Waals surface area (Å²) in [5.74, 6) is 1.48. The molecule has 3 aromatic carbocycles. The van der Waals surface area contributed by atoms with Crippen LogP contribution >= 0.6 is 0 Å². The van der Waals surface area contributed by atoms with E-state index >= 15 is 0 Å². The molecule has 4 aromatic rings. The number of nitrogens with zero attached hydrogens (tertiary/aromatic N) is 3. The van der Waals surface area contributed by atoms with Crippen LogP contribution < -0.4 is 4.74 Å². The molecular formula is C32H37N3O3. The summed E-state index contributed by atoms with van der Waals surface area (Å²) in [6.07, 6.45) is 3.20. The summed E-state index contributed by atoms with van der Waals surface area (Å²) in [7, 11) is 0. The van der Waals surface area contributed by atoms with Crippen LogP contribution in [0.1, 0.15) is 36.6 Å². The van der Waals surface area contributed by atoms with Crippen LogP contribution in [0.5, 0.6) is 11.6 Å². The molecule has 1 N–H and O–H groups in total. The summed E-state index contributed by atoms with van der Waals surface area (Å²) in [6.45, 7) is 4.85. The van der Waals surface area contributed by atoms with Crippen molar-refractivity contribution in [2.75, 3.05) is 19.7 Å². The Morgan fingerprint density at radius 3 is 2.34 bits per heavy atom. The van der Waals surface area contributed by atoms with Gasteiger partial charge in [-0.05, 0) is 55.5 Å². The largest absolute Gasteiger partial charge is 0.439 e. The van der Waals surface area contributed by atoms with Gasteiger partial charge in [0.1, 0.15) is 5.75 Å². The molecule has 2 heterocycles. The summed E-state index contributed by atoms with van der Waals surface area (Å²) < 4.78 is 14.4. The van der Waals surface area contributed by atoms with Crippen molar-refractivity contribution in [3.8, 4) is 17.3 Å². The molecule has 5 rings (SSSR count). The second-order valence-corrected chi connectivity index (χ2v) is 9.92. The lowest BCUT2D eigenvalue weighted by Gasteiger charge is -2.28. The Morgan fingerprint density at radius 2 is 1.68 bits per heavy atom. The number of aliphatic hydroxyl groups excluding tert-OH is 1. The molecule has 0 radical (unpaired) electrons. The fourth-order valence-electron chi connectivity index (χ4n) is 5.12.